The summed E-state index contributed by atoms with van der Waals surface area (Å²) in [6.07, 6.45) is 1.62. The second-order valence-corrected chi connectivity index (χ2v) is 3.58. The first kappa shape index (κ1) is 13.4. The van der Waals surface area contributed by atoms with E-state index in [1.807, 2.05) is 24.3 Å². The summed E-state index contributed by atoms with van der Waals surface area (Å²) in [5.74, 6) is 0.793. The highest BCUT2D eigenvalue weighted by Crippen LogP contribution is 2.10. The van der Waals surface area contributed by atoms with Crippen LogP contribution in [0.2, 0.25) is 0 Å². The summed E-state index contributed by atoms with van der Waals surface area (Å²) in [6.45, 7) is 1.11. The van der Waals surface area contributed by atoms with E-state index in [9.17, 15) is 0 Å². The molecule has 0 aliphatic rings. The molecule has 0 atom stereocenters. The first-order valence-electron chi connectivity index (χ1n) is 5.02. The predicted molar refractivity (Wildman–Crippen MR) is 71.3 cm³/mol. The van der Waals surface area contributed by atoms with Crippen LogP contribution in [0.5, 0.6) is 5.75 Å². The average molecular weight is 253 g/mol. The maximum atomic E-state index is 5.42. The number of benzene rings is 1. The van der Waals surface area contributed by atoms with Gasteiger partial charge < -0.3 is 15.2 Å². The van der Waals surface area contributed by atoms with Gasteiger partial charge in [-0.15, -0.1) is 0 Å². The highest BCUT2D eigenvalue weighted by Gasteiger charge is 1.93. The molecule has 0 aromatic heterocycles. The summed E-state index contributed by atoms with van der Waals surface area (Å²) < 4.78 is 10.3. The minimum Gasteiger partial charge on any atom is -0.491 e. The van der Waals surface area contributed by atoms with Gasteiger partial charge in [0.1, 0.15) is 12.4 Å². The van der Waals surface area contributed by atoms with E-state index in [2.05, 4.69) is 22.7 Å². The van der Waals surface area contributed by atoms with Crippen molar-refractivity contribution in [1.82, 2.24) is 5.43 Å². The molecule has 0 spiro atoms. The Morgan fingerprint density at radius 1 is 1.41 bits per heavy atom. The molecule has 0 unspecified atom stereocenters. The van der Waals surface area contributed by atoms with Gasteiger partial charge in [-0.1, -0.05) is 0 Å². The third-order valence-electron chi connectivity index (χ3n) is 1.82. The van der Waals surface area contributed by atoms with Gasteiger partial charge in [-0.2, -0.15) is 5.10 Å². The van der Waals surface area contributed by atoms with Crippen molar-refractivity contribution < 1.29 is 9.47 Å². The fraction of sp³-hybridized carbons (Fsp3) is 0.273. The lowest BCUT2D eigenvalue weighted by Gasteiger charge is -2.05. The highest BCUT2D eigenvalue weighted by molar-refractivity contribution is 7.80. The Labute approximate surface area is 106 Å². The number of hydrogen-bond acceptors (Lipinski definition) is 4. The molecule has 0 amide bonds. The molecule has 17 heavy (non-hydrogen) atoms. The summed E-state index contributed by atoms with van der Waals surface area (Å²) in [5.41, 5.74) is 8.63. The molecular weight excluding hydrogens is 238 g/mol. The molecule has 92 valence electrons. The standard InChI is InChI=1S/C11H15N3O2S/c1-15-6-7-16-10-4-2-9(3-5-10)8-13-14-11(12)17/h2-5,8H,6-7H2,1H3,(H3,12,14,17)/b13-8+. The van der Waals surface area contributed by atoms with E-state index in [0.29, 0.717) is 13.2 Å². The lowest BCUT2D eigenvalue weighted by molar-refractivity contribution is 0.146. The van der Waals surface area contributed by atoms with Gasteiger partial charge in [0.25, 0.3) is 0 Å². The number of nitrogens with zero attached hydrogens (tertiary/aromatic N) is 1. The van der Waals surface area contributed by atoms with Gasteiger partial charge in [0.05, 0.1) is 12.8 Å². The maximum Gasteiger partial charge on any atom is 0.184 e. The van der Waals surface area contributed by atoms with E-state index in [-0.39, 0.29) is 5.11 Å². The fourth-order valence-corrected chi connectivity index (χ4v) is 1.12. The van der Waals surface area contributed by atoms with Crippen molar-refractivity contribution in [3.8, 4) is 5.75 Å². The summed E-state index contributed by atoms with van der Waals surface area (Å²) >= 11 is 4.61. The number of ether oxygens (including phenoxy) is 2. The Morgan fingerprint density at radius 2 is 2.12 bits per heavy atom. The lowest BCUT2D eigenvalue weighted by atomic mass is 10.2. The van der Waals surface area contributed by atoms with Crippen LogP contribution in [0.1, 0.15) is 5.56 Å². The fourth-order valence-electron chi connectivity index (χ4n) is 1.06. The Kier molecular flexibility index (Phi) is 5.98. The summed E-state index contributed by atoms with van der Waals surface area (Å²) in [4.78, 5) is 0. The van der Waals surface area contributed by atoms with Gasteiger partial charge in [-0.05, 0) is 42.0 Å². The van der Waals surface area contributed by atoms with Crippen molar-refractivity contribution in [1.29, 1.82) is 0 Å². The topological polar surface area (TPSA) is 68.9 Å². The van der Waals surface area contributed by atoms with Crippen LogP contribution in [0, 0.1) is 0 Å². The van der Waals surface area contributed by atoms with E-state index >= 15 is 0 Å². The lowest BCUT2D eigenvalue weighted by Crippen LogP contribution is -2.23. The Morgan fingerprint density at radius 3 is 2.71 bits per heavy atom. The van der Waals surface area contributed by atoms with Gasteiger partial charge in [0.2, 0.25) is 0 Å². The molecular formula is C11H15N3O2S. The zero-order valence-corrected chi connectivity index (χ0v) is 10.4. The number of nitrogens with one attached hydrogen (secondary N) is 1. The SMILES string of the molecule is COCCOc1ccc(/C=N/NC(N)=S)cc1. The van der Waals surface area contributed by atoms with Crippen molar-refractivity contribution in [2.75, 3.05) is 20.3 Å². The zero-order valence-electron chi connectivity index (χ0n) is 9.55. The first-order valence-corrected chi connectivity index (χ1v) is 5.43. The van der Waals surface area contributed by atoms with Crippen LogP contribution >= 0.6 is 12.2 Å². The average Bonchev–Trinajstić information content (AvgIpc) is 2.31. The molecule has 6 heteroatoms. The second-order valence-electron chi connectivity index (χ2n) is 3.14. The normalized spacial score (nSPS) is 10.4. The maximum absolute atomic E-state index is 5.42. The summed E-state index contributed by atoms with van der Waals surface area (Å²) in [5, 5.41) is 3.98. The molecule has 0 aliphatic heterocycles. The van der Waals surface area contributed by atoms with Crippen molar-refractivity contribution in [3.05, 3.63) is 29.8 Å². The molecule has 0 fully saturated rings. The minimum atomic E-state index is 0.140. The molecule has 0 saturated heterocycles. The highest BCUT2D eigenvalue weighted by atomic mass is 32.1. The molecule has 0 saturated carbocycles. The number of thiocarbonyl (C=S) groups is 1. The minimum absolute atomic E-state index is 0.140. The van der Waals surface area contributed by atoms with E-state index in [0.717, 1.165) is 11.3 Å². The van der Waals surface area contributed by atoms with Crippen LogP contribution < -0.4 is 15.9 Å². The molecule has 5 nitrogen and oxygen atoms in total. The number of nitrogens with two attached hydrogens (primary N) is 1. The van der Waals surface area contributed by atoms with Crippen molar-refractivity contribution in [2.45, 2.75) is 0 Å². The van der Waals surface area contributed by atoms with Crippen LogP contribution in [-0.2, 0) is 4.74 Å². The van der Waals surface area contributed by atoms with Gasteiger partial charge in [0, 0.05) is 7.11 Å². The van der Waals surface area contributed by atoms with Gasteiger partial charge in [0.15, 0.2) is 5.11 Å². The second kappa shape index (κ2) is 7.59. The number of methoxy groups -OCH3 is 1. The molecule has 1 aromatic carbocycles. The van der Waals surface area contributed by atoms with Crippen LogP contribution in [0.15, 0.2) is 29.4 Å². The molecule has 1 aromatic rings. The Hall–Kier alpha value is -1.66. The largest absolute Gasteiger partial charge is 0.491 e. The number of hydrogen-bond donors (Lipinski definition) is 2. The number of hydrazone groups is 1. The molecule has 0 heterocycles. The number of rotatable bonds is 6. The smallest absolute Gasteiger partial charge is 0.184 e. The Bertz CT molecular complexity index is 379. The summed E-state index contributed by atoms with van der Waals surface area (Å²) in [6, 6.07) is 7.48. The van der Waals surface area contributed by atoms with E-state index in [1.54, 1.807) is 13.3 Å². The molecule has 0 radical (unpaired) electrons. The van der Waals surface area contributed by atoms with Crippen LogP contribution in [0.3, 0.4) is 0 Å². The summed E-state index contributed by atoms with van der Waals surface area (Å²) in [7, 11) is 1.64. The predicted octanol–water partition coefficient (Wildman–Crippen LogP) is 0.879. The van der Waals surface area contributed by atoms with Crippen LogP contribution in [-0.4, -0.2) is 31.7 Å². The molecule has 0 bridgehead atoms. The van der Waals surface area contributed by atoms with Crippen LogP contribution in [0.25, 0.3) is 0 Å². The van der Waals surface area contributed by atoms with Gasteiger partial charge in [-0.3, -0.25) is 5.43 Å². The third-order valence-corrected chi connectivity index (χ3v) is 1.92. The van der Waals surface area contributed by atoms with E-state index in [1.165, 1.54) is 0 Å². The van der Waals surface area contributed by atoms with E-state index in [4.69, 9.17) is 15.2 Å². The van der Waals surface area contributed by atoms with E-state index < -0.39 is 0 Å². The van der Waals surface area contributed by atoms with Crippen LogP contribution in [0.4, 0.5) is 0 Å². The molecule has 0 aliphatic carbocycles. The third kappa shape index (κ3) is 5.84. The van der Waals surface area contributed by atoms with Gasteiger partial charge >= 0.3 is 0 Å². The monoisotopic (exact) mass is 253 g/mol. The van der Waals surface area contributed by atoms with Crippen molar-refractivity contribution in [3.63, 3.8) is 0 Å². The van der Waals surface area contributed by atoms with Crippen molar-refractivity contribution >= 4 is 23.5 Å². The Balaban J connectivity index is 2.44. The van der Waals surface area contributed by atoms with Crippen molar-refractivity contribution in [2.24, 2.45) is 10.8 Å². The zero-order chi connectivity index (χ0) is 12.5. The van der Waals surface area contributed by atoms with Gasteiger partial charge in [-0.25, -0.2) is 0 Å². The molecule has 3 N–H and O–H groups in total. The first-order chi connectivity index (χ1) is 8.22. The molecule has 1 rings (SSSR count). The quantitative estimate of drug-likeness (QED) is 0.341.